The molecule has 0 unspecified atom stereocenters. The first kappa shape index (κ1) is 30.2. The highest BCUT2D eigenvalue weighted by Gasteiger charge is 2.32. The molecule has 2 amide bonds. The van der Waals surface area contributed by atoms with Gasteiger partial charge in [0.15, 0.2) is 0 Å². The summed E-state index contributed by atoms with van der Waals surface area (Å²) in [5.74, 6) is 0.188. The van der Waals surface area contributed by atoms with Crippen LogP contribution in [-0.2, 0) is 26.2 Å². The van der Waals surface area contributed by atoms with Gasteiger partial charge in [0, 0.05) is 12.6 Å². The molecule has 0 heterocycles. The van der Waals surface area contributed by atoms with Crippen LogP contribution in [0.5, 0.6) is 5.75 Å². The van der Waals surface area contributed by atoms with Crippen molar-refractivity contribution in [1.82, 2.24) is 10.2 Å². The lowest BCUT2D eigenvalue weighted by molar-refractivity contribution is -0.140. The molecule has 9 heteroatoms. The van der Waals surface area contributed by atoms with Gasteiger partial charge < -0.3 is 15.0 Å². The fourth-order valence-corrected chi connectivity index (χ4v) is 4.82. The molecule has 2 aromatic carbocycles. The number of ether oxygens (including phenoxy) is 1. The second-order valence-electron chi connectivity index (χ2n) is 9.63. The molecule has 204 valence electrons. The van der Waals surface area contributed by atoms with Crippen molar-refractivity contribution in [2.45, 2.75) is 72.0 Å². The summed E-state index contributed by atoms with van der Waals surface area (Å²) >= 11 is 0. The molecule has 0 aromatic heterocycles. The number of hydrogen-bond acceptors (Lipinski definition) is 5. The van der Waals surface area contributed by atoms with Crippen LogP contribution in [0.15, 0.2) is 48.5 Å². The molecule has 8 nitrogen and oxygen atoms in total. The molecule has 2 aromatic rings. The first-order valence-corrected chi connectivity index (χ1v) is 14.6. The Morgan fingerprint density at radius 2 is 1.65 bits per heavy atom. The van der Waals surface area contributed by atoms with E-state index in [0.29, 0.717) is 17.9 Å². The first-order valence-electron chi connectivity index (χ1n) is 12.7. The summed E-state index contributed by atoms with van der Waals surface area (Å²) in [5.41, 5.74) is 2.24. The van der Waals surface area contributed by atoms with Crippen molar-refractivity contribution in [3.63, 3.8) is 0 Å². The third-order valence-corrected chi connectivity index (χ3v) is 7.54. The van der Waals surface area contributed by atoms with E-state index in [1.54, 1.807) is 31.4 Å². The number of carbonyl (C=O) groups excluding carboxylic acids is 2. The average Bonchev–Trinajstić information content (AvgIpc) is 2.86. The minimum Gasteiger partial charge on any atom is -0.497 e. The monoisotopic (exact) mass is 531 g/mol. The van der Waals surface area contributed by atoms with Crippen LogP contribution in [0.1, 0.15) is 64.5 Å². The quantitative estimate of drug-likeness (QED) is 0.416. The highest BCUT2D eigenvalue weighted by atomic mass is 32.2. The van der Waals surface area contributed by atoms with Gasteiger partial charge in [-0.2, -0.15) is 0 Å². The Bertz CT molecular complexity index is 1150. The van der Waals surface area contributed by atoms with Crippen LogP contribution in [0.2, 0.25) is 0 Å². The van der Waals surface area contributed by atoms with Crippen LogP contribution in [-0.4, -0.2) is 57.1 Å². The third kappa shape index (κ3) is 8.49. The van der Waals surface area contributed by atoms with Gasteiger partial charge in [0.05, 0.1) is 19.1 Å². The Morgan fingerprint density at radius 1 is 1.00 bits per heavy atom. The van der Waals surface area contributed by atoms with Gasteiger partial charge in [0.25, 0.3) is 0 Å². The summed E-state index contributed by atoms with van der Waals surface area (Å²) in [6.45, 7) is 9.54. The van der Waals surface area contributed by atoms with Crippen molar-refractivity contribution in [3.8, 4) is 5.75 Å². The maximum Gasteiger partial charge on any atom is 0.244 e. The largest absolute Gasteiger partial charge is 0.497 e. The molecular formula is C28H41N3O5S. The van der Waals surface area contributed by atoms with E-state index in [-0.39, 0.29) is 24.4 Å². The highest BCUT2D eigenvalue weighted by Crippen LogP contribution is 2.23. The van der Waals surface area contributed by atoms with Crippen LogP contribution in [0, 0.1) is 0 Å². The molecule has 37 heavy (non-hydrogen) atoms. The van der Waals surface area contributed by atoms with Crippen LogP contribution in [0.4, 0.5) is 5.69 Å². The predicted molar refractivity (Wildman–Crippen MR) is 148 cm³/mol. The average molecular weight is 532 g/mol. The molecule has 2 rings (SSSR count). The van der Waals surface area contributed by atoms with Gasteiger partial charge in [-0.25, -0.2) is 8.42 Å². The second kappa shape index (κ2) is 13.5. The second-order valence-corrected chi connectivity index (χ2v) is 11.5. The normalized spacial score (nSPS) is 13.1. The predicted octanol–water partition coefficient (Wildman–Crippen LogP) is 4.31. The first-order chi connectivity index (χ1) is 17.4. The van der Waals surface area contributed by atoms with Crippen molar-refractivity contribution in [1.29, 1.82) is 0 Å². The summed E-state index contributed by atoms with van der Waals surface area (Å²) in [6.07, 6.45) is 2.20. The summed E-state index contributed by atoms with van der Waals surface area (Å²) in [4.78, 5) is 28.4. The Morgan fingerprint density at radius 3 is 2.16 bits per heavy atom. The number of nitrogens with one attached hydrogen (secondary N) is 1. The Labute approximate surface area is 222 Å². The standard InChI is InChI=1S/C28H41N3O5S/c1-8-21(5)29-28(33)26(9-2)30(18-22-11-10-12-25(17-22)36-6)27(32)19-31(37(7,34)35)24-15-13-23(14-16-24)20(3)4/h10-17,20-21,26H,8-9,18-19H2,1-7H3,(H,29,33)/t21-,26+/m1/s1. The number of sulfonamides is 1. The van der Waals surface area contributed by atoms with E-state index in [0.717, 1.165) is 28.1 Å². The molecule has 0 aliphatic heterocycles. The van der Waals surface area contributed by atoms with Gasteiger partial charge in [-0.1, -0.05) is 52.0 Å². The fourth-order valence-electron chi connectivity index (χ4n) is 3.97. The van der Waals surface area contributed by atoms with Crippen molar-refractivity contribution < 1.29 is 22.7 Å². The molecular weight excluding hydrogens is 490 g/mol. The van der Waals surface area contributed by atoms with Gasteiger partial charge in [-0.15, -0.1) is 0 Å². The summed E-state index contributed by atoms with van der Waals surface area (Å²) < 4.78 is 32.0. The number of benzene rings is 2. The van der Waals surface area contributed by atoms with E-state index in [1.165, 1.54) is 4.90 Å². The van der Waals surface area contributed by atoms with Crippen LogP contribution in [0.3, 0.4) is 0 Å². The van der Waals surface area contributed by atoms with Crippen LogP contribution in [0.25, 0.3) is 0 Å². The molecule has 0 bridgehead atoms. The lowest BCUT2D eigenvalue weighted by atomic mass is 10.0. The van der Waals surface area contributed by atoms with Crippen LogP contribution >= 0.6 is 0 Å². The molecule has 0 saturated carbocycles. The fraction of sp³-hybridized carbons (Fsp3) is 0.500. The van der Waals surface area contributed by atoms with Gasteiger partial charge in [0.1, 0.15) is 18.3 Å². The Hall–Kier alpha value is -3.07. The number of carbonyl (C=O) groups is 2. The van der Waals surface area contributed by atoms with E-state index in [1.807, 2.05) is 45.0 Å². The minimum absolute atomic E-state index is 0.0534. The molecule has 0 aliphatic carbocycles. The zero-order valence-corrected chi connectivity index (χ0v) is 23.8. The number of hydrogen-bond donors (Lipinski definition) is 1. The zero-order valence-electron chi connectivity index (χ0n) is 23.0. The number of anilines is 1. The zero-order chi connectivity index (χ0) is 27.8. The molecule has 0 saturated heterocycles. The summed E-state index contributed by atoms with van der Waals surface area (Å²) in [7, 11) is -2.21. The maximum atomic E-state index is 13.8. The minimum atomic E-state index is -3.77. The topological polar surface area (TPSA) is 96.0 Å². The molecule has 0 radical (unpaired) electrons. The highest BCUT2D eigenvalue weighted by molar-refractivity contribution is 7.92. The lowest BCUT2D eigenvalue weighted by Gasteiger charge is -2.33. The van der Waals surface area contributed by atoms with E-state index >= 15 is 0 Å². The Balaban J connectivity index is 2.45. The van der Waals surface area contributed by atoms with Gasteiger partial charge in [-0.3, -0.25) is 13.9 Å². The Kier molecular flexibility index (Phi) is 11.0. The number of nitrogens with zero attached hydrogens (tertiary/aromatic N) is 2. The van der Waals surface area contributed by atoms with E-state index in [4.69, 9.17) is 4.74 Å². The number of rotatable bonds is 13. The summed E-state index contributed by atoms with van der Waals surface area (Å²) in [6, 6.07) is 13.6. The van der Waals surface area contributed by atoms with Gasteiger partial charge in [-0.05, 0) is 61.1 Å². The van der Waals surface area contributed by atoms with E-state index in [9.17, 15) is 18.0 Å². The molecule has 0 aliphatic rings. The SMILES string of the molecule is CC[C@@H](C)NC(=O)[C@H](CC)N(Cc1cccc(OC)c1)C(=O)CN(c1ccc(C(C)C)cc1)S(C)(=O)=O. The van der Waals surface area contributed by atoms with Crippen molar-refractivity contribution in [3.05, 3.63) is 59.7 Å². The number of methoxy groups -OCH3 is 1. The molecule has 1 N–H and O–H groups in total. The van der Waals surface area contributed by atoms with Crippen molar-refractivity contribution in [2.75, 3.05) is 24.2 Å². The molecule has 2 atom stereocenters. The van der Waals surface area contributed by atoms with Crippen molar-refractivity contribution in [2.24, 2.45) is 0 Å². The lowest BCUT2D eigenvalue weighted by Crippen LogP contribution is -2.53. The van der Waals surface area contributed by atoms with E-state index < -0.39 is 28.5 Å². The summed E-state index contributed by atoms with van der Waals surface area (Å²) in [5, 5.41) is 2.97. The number of amides is 2. The smallest absolute Gasteiger partial charge is 0.244 e. The van der Waals surface area contributed by atoms with Gasteiger partial charge in [0.2, 0.25) is 21.8 Å². The van der Waals surface area contributed by atoms with Crippen molar-refractivity contribution >= 4 is 27.5 Å². The van der Waals surface area contributed by atoms with Crippen LogP contribution < -0.4 is 14.4 Å². The van der Waals surface area contributed by atoms with E-state index in [2.05, 4.69) is 19.2 Å². The maximum absolute atomic E-state index is 13.8. The molecule has 0 fully saturated rings. The van der Waals surface area contributed by atoms with Gasteiger partial charge >= 0.3 is 0 Å². The molecule has 0 spiro atoms. The third-order valence-electron chi connectivity index (χ3n) is 6.40.